The molecule has 2 amide bonds. The molecular weight excluding hydrogens is 254 g/mol. The molecule has 1 aromatic carbocycles. The Bertz CT molecular complexity index is 662. The van der Waals surface area contributed by atoms with Gasteiger partial charge in [-0.1, -0.05) is 12.1 Å². The lowest BCUT2D eigenvalue weighted by Gasteiger charge is -2.14. The first kappa shape index (κ1) is 12.5. The van der Waals surface area contributed by atoms with Gasteiger partial charge in [0.2, 0.25) is 0 Å². The van der Waals surface area contributed by atoms with Crippen molar-refractivity contribution in [3.8, 4) is 0 Å². The van der Waals surface area contributed by atoms with Crippen LogP contribution in [-0.4, -0.2) is 23.8 Å². The van der Waals surface area contributed by atoms with E-state index in [4.69, 9.17) is 0 Å². The van der Waals surface area contributed by atoms with Crippen molar-refractivity contribution in [2.45, 2.75) is 6.54 Å². The molecule has 0 unspecified atom stereocenters. The smallest absolute Gasteiger partial charge is 0.267 e. The minimum atomic E-state index is -0.320. The predicted molar refractivity (Wildman–Crippen MR) is 74.6 cm³/mol. The van der Waals surface area contributed by atoms with Gasteiger partial charge in [0.1, 0.15) is 0 Å². The van der Waals surface area contributed by atoms with Gasteiger partial charge in [-0.25, -0.2) is 4.90 Å². The summed E-state index contributed by atoms with van der Waals surface area (Å²) in [6.07, 6.45) is 2.96. The fourth-order valence-electron chi connectivity index (χ4n) is 2.33. The van der Waals surface area contributed by atoms with Gasteiger partial charge in [-0.05, 0) is 30.8 Å². The molecule has 2 aromatic rings. The van der Waals surface area contributed by atoms with Crippen LogP contribution in [0, 0.1) is 0 Å². The largest absolute Gasteiger partial charge is 0.316 e. The number of anilines is 1. The molecule has 1 aliphatic heterocycles. The van der Waals surface area contributed by atoms with Crippen LogP contribution in [0.15, 0.2) is 42.7 Å². The first-order valence-corrected chi connectivity index (χ1v) is 6.28. The third-order valence-electron chi connectivity index (χ3n) is 3.24. The van der Waals surface area contributed by atoms with E-state index in [1.807, 2.05) is 25.2 Å². The molecule has 0 atom stereocenters. The molecule has 3 rings (SSSR count). The molecule has 0 bridgehead atoms. The first-order chi connectivity index (χ1) is 9.72. The number of rotatable bonds is 3. The molecule has 0 saturated carbocycles. The minimum absolute atomic E-state index is 0.297. The van der Waals surface area contributed by atoms with Crippen molar-refractivity contribution in [3.63, 3.8) is 0 Å². The molecule has 1 aromatic heterocycles. The number of carbonyl (C=O) groups excluding carboxylic acids is 2. The highest BCUT2D eigenvalue weighted by atomic mass is 16.2. The molecule has 2 heterocycles. The monoisotopic (exact) mass is 267 g/mol. The van der Waals surface area contributed by atoms with Gasteiger partial charge in [-0.15, -0.1) is 0 Å². The van der Waals surface area contributed by atoms with E-state index in [0.717, 1.165) is 5.56 Å². The van der Waals surface area contributed by atoms with Gasteiger partial charge in [0, 0.05) is 18.9 Å². The fraction of sp³-hybridized carbons (Fsp3) is 0.133. The summed E-state index contributed by atoms with van der Waals surface area (Å²) in [6, 6.07) is 8.95. The van der Waals surface area contributed by atoms with Crippen LogP contribution >= 0.6 is 0 Å². The van der Waals surface area contributed by atoms with Crippen LogP contribution in [0.4, 0.5) is 5.69 Å². The van der Waals surface area contributed by atoms with E-state index in [0.29, 0.717) is 23.4 Å². The molecule has 0 spiro atoms. The Hall–Kier alpha value is -2.53. The number of nitrogens with one attached hydrogen (secondary N) is 1. The number of benzene rings is 1. The van der Waals surface area contributed by atoms with Gasteiger partial charge >= 0.3 is 0 Å². The number of pyridine rings is 1. The van der Waals surface area contributed by atoms with E-state index in [9.17, 15) is 9.59 Å². The minimum Gasteiger partial charge on any atom is -0.316 e. The molecule has 1 N–H and O–H groups in total. The molecule has 0 saturated heterocycles. The van der Waals surface area contributed by atoms with E-state index in [1.165, 1.54) is 17.3 Å². The molecular formula is C15H13N3O2. The number of fused-ring (bicyclic) bond motifs is 1. The molecule has 5 heteroatoms. The molecule has 100 valence electrons. The van der Waals surface area contributed by atoms with Gasteiger partial charge in [-0.2, -0.15) is 0 Å². The van der Waals surface area contributed by atoms with Crippen molar-refractivity contribution in [2.24, 2.45) is 0 Å². The van der Waals surface area contributed by atoms with Crippen molar-refractivity contribution < 1.29 is 9.59 Å². The second-order valence-corrected chi connectivity index (χ2v) is 4.57. The first-order valence-electron chi connectivity index (χ1n) is 6.28. The quantitative estimate of drug-likeness (QED) is 0.858. The fourth-order valence-corrected chi connectivity index (χ4v) is 2.33. The summed E-state index contributed by atoms with van der Waals surface area (Å²) in [5.74, 6) is -0.617. The predicted octanol–water partition coefficient (Wildman–Crippen LogP) is 1.60. The third kappa shape index (κ3) is 1.88. The van der Waals surface area contributed by atoms with Crippen molar-refractivity contribution in [1.82, 2.24) is 10.3 Å². The van der Waals surface area contributed by atoms with E-state index < -0.39 is 0 Å². The van der Waals surface area contributed by atoms with Crippen LogP contribution in [0.2, 0.25) is 0 Å². The van der Waals surface area contributed by atoms with Crippen LogP contribution in [0.3, 0.4) is 0 Å². The second kappa shape index (κ2) is 4.86. The zero-order chi connectivity index (χ0) is 14.1. The lowest BCUT2D eigenvalue weighted by atomic mass is 10.2. The molecule has 0 aliphatic carbocycles. The lowest BCUT2D eigenvalue weighted by molar-refractivity contribution is 0.0926. The molecule has 0 radical (unpaired) electrons. The average Bonchev–Trinajstić information content (AvgIpc) is 2.72. The number of hydrogen-bond donors (Lipinski definition) is 1. The van der Waals surface area contributed by atoms with E-state index >= 15 is 0 Å². The highest BCUT2D eigenvalue weighted by Gasteiger charge is 2.36. The number of amides is 2. The number of aromatic nitrogens is 1. The summed E-state index contributed by atoms with van der Waals surface area (Å²) >= 11 is 0. The standard InChI is InChI=1S/C15H13N3O2/c1-16-8-10-3-2-4-11(7-10)18-14(19)12-5-6-17-9-13(12)15(18)20/h2-7,9,16H,8H2,1H3. The van der Waals surface area contributed by atoms with E-state index in [2.05, 4.69) is 10.3 Å². The van der Waals surface area contributed by atoms with Crippen LogP contribution in [-0.2, 0) is 6.54 Å². The van der Waals surface area contributed by atoms with Crippen LogP contribution < -0.4 is 10.2 Å². The number of carbonyl (C=O) groups is 2. The second-order valence-electron chi connectivity index (χ2n) is 4.57. The van der Waals surface area contributed by atoms with Crippen LogP contribution in [0.25, 0.3) is 0 Å². The highest BCUT2D eigenvalue weighted by molar-refractivity contribution is 6.34. The summed E-state index contributed by atoms with van der Waals surface area (Å²) in [5.41, 5.74) is 2.36. The number of hydrogen-bond acceptors (Lipinski definition) is 4. The van der Waals surface area contributed by atoms with Crippen molar-refractivity contribution >= 4 is 17.5 Å². The topological polar surface area (TPSA) is 62.3 Å². The Balaban J connectivity index is 2.02. The number of imide groups is 1. The summed E-state index contributed by atoms with van der Waals surface area (Å²) in [5, 5.41) is 3.04. The Morgan fingerprint density at radius 1 is 1.15 bits per heavy atom. The zero-order valence-corrected chi connectivity index (χ0v) is 11.0. The van der Waals surface area contributed by atoms with Gasteiger partial charge < -0.3 is 5.32 Å². The SMILES string of the molecule is CNCc1cccc(N2C(=O)c3ccncc3C2=O)c1. The van der Waals surface area contributed by atoms with Gasteiger partial charge in [0.05, 0.1) is 16.8 Å². The maximum absolute atomic E-state index is 12.3. The van der Waals surface area contributed by atoms with Crippen LogP contribution in [0.1, 0.15) is 26.3 Å². The highest BCUT2D eigenvalue weighted by Crippen LogP contribution is 2.28. The molecule has 5 nitrogen and oxygen atoms in total. The zero-order valence-electron chi connectivity index (χ0n) is 11.0. The normalized spacial score (nSPS) is 13.8. The van der Waals surface area contributed by atoms with Crippen molar-refractivity contribution in [2.75, 3.05) is 11.9 Å². The average molecular weight is 267 g/mol. The van der Waals surface area contributed by atoms with Gasteiger partial charge in [0.25, 0.3) is 11.8 Å². The van der Waals surface area contributed by atoms with E-state index in [-0.39, 0.29) is 11.8 Å². The van der Waals surface area contributed by atoms with Crippen molar-refractivity contribution in [1.29, 1.82) is 0 Å². The Labute approximate surface area is 116 Å². The Morgan fingerprint density at radius 3 is 2.70 bits per heavy atom. The number of nitrogens with zero attached hydrogens (tertiary/aromatic N) is 2. The molecule has 20 heavy (non-hydrogen) atoms. The maximum Gasteiger partial charge on any atom is 0.267 e. The van der Waals surface area contributed by atoms with Crippen molar-refractivity contribution in [3.05, 3.63) is 59.4 Å². The Kier molecular flexibility index (Phi) is 3.04. The third-order valence-corrected chi connectivity index (χ3v) is 3.24. The van der Waals surface area contributed by atoms with Crippen LogP contribution in [0.5, 0.6) is 0 Å². The lowest BCUT2D eigenvalue weighted by Crippen LogP contribution is -2.29. The van der Waals surface area contributed by atoms with Gasteiger partial charge in [0.15, 0.2) is 0 Å². The van der Waals surface area contributed by atoms with E-state index in [1.54, 1.807) is 12.1 Å². The molecule has 0 fully saturated rings. The summed E-state index contributed by atoms with van der Waals surface area (Å²) in [4.78, 5) is 29.8. The summed E-state index contributed by atoms with van der Waals surface area (Å²) in [6.45, 7) is 0.679. The summed E-state index contributed by atoms with van der Waals surface area (Å²) in [7, 11) is 1.85. The molecule has 1 aliphatic rings. The van der Waals surface area contributed by atoms with Gasteiger partial charge in [-0.3, -0.25) is 14.6 Å². The maximum atomic E-state index is 12.3. The summed E-state index contributed by atoms with van der Waals surface area (Å²) < 4.78 is 0. The Morgan fingerprint density at radius 2 is 1.95 bits per heavy atom.